The zero-order valence-corrected chi connectivity index (χ0v) is 21.4. The van der Waals surface area contributed by atoms with Crippen molar-refractivity contribution in [3.8, 4) is 0 Å². The molecule has 3 aromatic rings. The van der Waals surface area contributed by atoms with Crippen LogP contribution in [0.3, 0.4) is 0 Å². The molecule has 0 unspecified atom stereocenters. The Balaban J connectivity index is 1.20. The smallest absolute Gasteiger partial charge is 0.253 e. The van der Waals surface area contributed by atoms with E-state index >= 15 is 0 Å². The molecule has 10 nitrogen and oxygen atoms in total. The van der Waals surface area contributed by atoms with Gasteiger partial charge in [0.05, 0.1) is 6.33 Å². The zero-order chi connectivity index (χ0) is 25.2. The van der Waals surface area contributed by atoms with Crippen LogP contribution in [0, 0.1) is 0 Å². The highest BCUT2D eigenvalue weighted by molar-refractivity contribution is 5.94. The minimum absolute atomic E-state index is 0.0688. The van der Waals surface area contributed by atoms with E-state index in [0.717, 1.165) is 55.5 Å². The fraction of sp³-hybridized carbons (Fsp3) is 0.593. The van der Waals surface area contributed by atoms with Crippen LogP contribution in [-0.2, 0) is 0 Å². The first-order valence-electron chi connectivity index (χ1n) is 13.9. The number of nitrogens with one attached hydrogen (secondary N) is 2. The van der Waals surface area contributed by atoms with Crippen molar-refractivity contribution in [1.82, 2.24) is 29.4 Å². The van der Waals surface area contributed by atoms with Gasteiger partial charge < -0.3 is 25.8 Å². The summed E-state index contributed by atoms with van der Waals surface area (Å²) in [6, 6.07) is 4.88. The molecule has 0 aromatic carbocycles. The largest absolute Gasteiger partial charge is 0.365 e. The maximum atomic E-state index is 12.9. The summed E-state index contributed by atoms with van der Waals surface area (Å²) < 4.78 is 2.26. The van der Waals surface area contributed by atoms with Crippen molar-refractivity contribution < 1.29 is 4.79 Å². The molecule has 1 aliphatic heterocycles. The quantitative estimate of drug-likeness (QED) is 0.464. The number of piperidine rings is 1. The van der Waals surface area contributed by atoms with Gasteiger partial charge in [-0.15, -0.1) is 0 Å². The maximum Gasteiger partial charge on any atom is 0.253 e. The first-order valence-corrected chi connectivity index (χ1v) is 13.9. The van der Waals surface area contributed by atoms with Gasteiger partial charge in [-0.1, -0.05) is 12.8 Å². The highest BCUT2D eigenvalue weighted by Crippen LogP contribution is 2.34. The number of nitrogens with zero attached hydrogens (tertiary/aromatic N) is 6. The van der Waals surface area contributed by atoms with E-state index in [-0.39, 0.29) is 11.9 Å². The molecule has 4 heterocycles. The Kier molecular flexibility index (Phi) is 6.91. The van der Waals surface area contributed by atoms with Crippen molar-refractivity contribution in [3.05, 3.63) is 36.4 Å². The Bertz CT molecular complexity index is 1210. The second kappa shape index (κ2) is 10.6. The number of anilines is 2. The molecular weight excluding hydrogens is 466 g/mol. The Morgan fingerprint density at radius 1 is 0.892 bits per heavy atom. The molecule has 2 saturated carbocycles. The van der Waals surface area contributed by atoms with Crippen molar-refractivity contribution in [2.75, 3.05) is 23.7 Å². The molecule has 6 rings (SSSR count). The molecule has 3 fully saturated rings. The maximum absolute atomic E-state index is 12.9. The number of carbonyl (C=O) groups is 1. The molecule has 0 spiro atoms. The van der Waals surface area contributed by atoms with Crippen LogP contribution in [0.15, 0.2) is 30.9 Å². The molecule has 0 bridgehead atoms. The van der Waals surface area contributed by atoms with Crippen LogP contribution in [0.5, 0.6) is 0 Å². The van der Waals surface area contributed by atoms with Crippen LogP contribution in [0.4, 0.5) is 11.8 Å². The van der Waals surface area contributed by atoms with E-state index in [1.54, 1.807) is 24.5 Å². The second-order valence-corrected chi connectivity index (χ2v) is 10.9. The SMILES string of the molecule is N[C@H]1CC[C@H](Nc2nc(NC3CCN(C(=O)c4ccncc4)CC3)c3ncn(C4CCCC4)c3n2)CC1. The van der Waals surface area contributed by atoms with Gasteiger partial charge >= 0.3 is 0 Å². The lowest BCUT2D eigenvalue weighted by molar-refractivity contribution is 0.0718. The highest BCUT2D eigenvalue weighted by Gasteiger charge is 2.27. The molecule has 4 N–H and O–H groups in total. The van der Waals surface area contributed by atoms with E-state index in [2.05, 4.69) is 20.2 Å². The van der Waals surface area contributed by atoms with Gasteiger partial charge in [-0.25, -0.2) is 4.98 Å². The number of nitrogens with two attached hydrogens (primary N) is 1. The van der Waals surface area contributed by atoms with E-state index in [1.807, 2.05) is 11.2 Å². The summed E-state index contributed by atoms with van der Waals surface area (Å²) in [7, 11) is 0. The van der Waals surface area contributed by atoms with Gasteiger partial charge in [-0.05, 0) is 63.5 Å². The molecular formula is C27H37N9O. The number of rotatable bonds is 6. The molecule has 10 heteroatoms. The normalized spacial score (nSPS) is 23.4. The number of imidazole rings is 1. The number of hydrogen-bond acceptors (Lipinski definition) is 8. The monoisotopic (exact) mass is 503 g/mol. The average Bonchev–Trinajstić information content (AvgIpc) is 3.61. The number of hydrogen-bond donors (Lipinski definition) is 3. The number of amides is 1. The number of likely N-dealkylation sites (tertiary alicyclic amines) is 1. The molecule has 0 radical (unpaired) electrons. The number of aromatic nitrogens is 5. The van der Waals surface area contributed by atoms with Crippen LogP contribution >= 0.6 is 0 Å². The molecule has 3 aromatic heterocycles. The third-order valence-corrected chi connectivity index (χ3v) is 8.29. The van der Waals surface area contributed by atoms with E-state index in [9.17, 15) is 4.79 Å². The predicted molar refractivity (Wildman–Crippen MR) is 143 cm³/mol. The van der Waals surface area contributed by atoms with E-state index in [1.165, 1.54) is 25.7 Å². The predicted octanol–water partition coefficient (Wildman–Crippen LogP) is 3.73. The molecule has 196 valence electrons. The number of fused-ring (bicyclic) bond motifs is 1. The lowest BCUT2D eigenvalue weighted by atomic mass is 9.92. The molecule has 1 saturated heterocycles. The molecule has 0 atom stereocenters. The van der Waals surface area contributed by atoms with Crippen LogP contribution in [0.2, 0.25) is 0 Å². The topological polar surface area (TPSA) is 127 Å². The Labute approximate surface area is 217 Å². The van der Waals surface area contributed by atoms with Crippen molar-refractivity contribution in [2.24, 2.45) is 5.73 Å². The minimum atomic E-state index is 0.0688. The standard InChI is InChI=1S/C27H37N9O/c28-19-5-7-20(8-6-19)32-27-33-24(23-25(34-27)36(17-30-23)22-3-1-2-4-22)31-21-11-15-35(16-12-21)26(37)18-9-13-29-14-10-18/h9-10,13-14,17,19-22H,1-8,11-12,15-16,28H2,(H2,31,32,33,34)/t19-,20-. The van der Waals surface area contributed by atoms with Crippen LogP contribution in [0.1, 0.15) is 80.6 Å². The second-order valence-electron chi connectivity index (χ2n) is 10.9. The van der Waals surface area contributed by atoms with Crippen molar-refractivity contribution in [2.45, 2.75) is 88.4 Å². The van der Waals surface area contributed by atoms with Gasteiger partial charge in [0.15, 0.2) is 17.0 Å². The zero-order valence-electron chi connectivity index (χ0n) is 21.4. The van der Waals surface area contributed by atoms with Gasteiger partial charge in [-0.3, -0.25) is 9.78 Å². The average molecular weight is 504 g/mol. The molecule has 2 aliphatic carbocycles. The van der Waals surface area contributed by atoms with Crippen LogP contribution in [-0.4, -0.2) is 66.5 Å². The first-order chi connectivity index (χ1) is 18.1. The van der Waals surface area contributed by atoms with Crippen LogP contribution in [0.25, 0.3) is 11.2 Å². The van der Waals surface area contributed by atoms with E-state index < -0.39 is 0 Å². The highest BCUT2D eigenvalue weighted by atomic mass is 16.2. The van der Waals surface area contributed by atoms with Gasteiger partial charge in [0.1, 0.15) is 0 Å². The number of carbonyl (C=O) groups excluding carboxylic acids is 1. The fourth-order valence-electron chi connectivity index (χ4n) is 6.07. The van der Waals surface area contributed by atoms with Gasteiger partial charge in [-0.2, -0.15) is 9.97 Å². The Morgan fingerprint density at radius 2 is 1.59 bits per heavy atom. The summed E-state index contributed by atoms with van der Waals surface area (Å²) in [5.41, 5.74) is 8.55. The molecule has 3 aliphatic rings. The van der Waals surface area contributed by atoms with E-state index in [0.29, 0.717) is 42.7 Å². The fourth-order valence-corrected chi connectivity index (χ4v) is 6.07. The third kappa shape index (κ3) is 5.25. The van der Waals surface area contributed by atoms with Gasteiger partial charge in [0.2, 0.25) is 5.95 Å². The summed E-state index contributed by atoms with van der Waals surface area (Å²) in [6.45, 7) is 1.41. The lowest BCUT2D eigenvalue weighted by Gasteiger charge is -2.33. The lowest BCUT2D eigenvalue weighted by Crippen LogP contribution is -2.42. The summed E-state index contributed by atoms with van der Waals surface area (Å²) in [5.74, 6) is 1.52. The summed E-state index contributed by atoms with van der Waals surface area (Å²) >= 11 is 0. The Morgan fingerprint density at radius 3 is 2.32 bits per heavy atom. The molecule has 37 heavy (non-hydrogen) atoms. The van der Waals surface area contributed by atoms with Gasteiger partial charge in [0.25, 0.3) is 5.91 Å². The van der Waals surface area contributed by atoms with Gasteiger partial charge in [0, 0.05) is 55.2 Å². The molecule has 1 amide bonds. The third-order valence-electron chi connectivity index (χ3n) is 8.29. The number of pyridine rings is 1. The first kappa shape index (κ1) is 24.1. The van der Waals surface area contributed by atoms with Crippen molar-refractivity contribution >= 4 is 28.8 Å². The van der Waals surface area contributed by atoms with E-state index in [4.69, 9.17) is 20.7 Å². The summed E-state index contributed by atoms with van der Waals surface area (Å²) in [4.78, 5) is 33.5. The Hall–Kier alpha value is -3.27. The summed E-state index contributed by atoms with van der Waals surface area (Å²) in [5, 5.41) is 7.28. The summed E-state index contributed by atoms with van der Waals surface area (Å²) in [6.07, 6.45) is 16.0. The minimum Gasteiger partial charge on any atom is -0.365 e. The van der Waals surface area contributed by atoms with Crippen molar-refractivity contribution in [1.29, 1.82) is 0 Å². The van der Waals surface area contributed by atoms with Crippen molar-refractivity contribution in [3.63, 3.8) is 0 Å². The van der Waals surface area contributed by atoms with Crippen LogP contribution < -0.4 is 16.4 Å².